The van der Waals surface area contributed by atoms with Crippen molar-refractivity contribution in [2.45, 2.75) is 18.9 Å². The first-order valence-electron chi connectivity index (χ1n) is 4.76. The zero-order valence-corrected chi connectivity index (χ0v) is 7.89. The summed E-state index contributed by atoms with van der Waals surface area (Å²) in [4.78, 5) is 17.3. The Morgan fingerprint density at radius 1 is 1.57 bits per heavy atom. The minimum absolute atomic E-state index is 0.176. The number of hydrogen-bond donors (Lipinski definition) is 1. The highest BCUT2D eigenvalue weighted by Crippen LogP contribution is 2.22. The quantitative estimate of drug-likeness (QED) is 0.742. The molecule has 0 spiro atoms. The fraction of sp³-hybridized carbons (Fsp3) is 0.400. The van der Waals surface area contributed by atoms with Gasteiger partial charge in [0.25, 0.3) is 0 Å². The van der Waals surface area contributed by atoms with Crippen molar-refractivity contribution in [2.75, 3.05) is 11.4 Å². The number of anilines is 1. The van der Waals surface area contributed by atoms with E-state index >= 15 is 0 Å². The summed E-state index contributed by atoms with van der Waals surface area (Å²) in [5.41, 5.74) is 5.32. The standard InChI is InChI=1S/C10H13N3O/c11-10(14)8-4-3-7-13(8)9-5-1-2-6-12-9/h1-2,5-6,8H,3-4,7H2,(H2,11,14)/t8-/m1/s1. The Bertz CT molecular complexity index is 325. The van der Waals surface area contributed by atoms with Crippen molar-refractivity contribution in [1.82, 2.24) is 4.98 Å². The molecular formula is C10H13N3O. The number of amides is 1. The van der Waals surface area contributed by atoms with Gasteiger partial charge in [-0.1, -0.05) is 6.07 Å². The average Bonchev–Trinajstić information content (AvgIpc) is 2.67. The van der Waals surface area contributed by atoms with E-state index in [1.165, 1.54) is 0 Å². The molecule has 0 saturated carbocycles. The number of nitrogens with two attached hydrogens (primary N) is 1. The molecule has 14 heavy (non-hydrogen) atoms. The van der Waals surface area contributed by atoms with Gasteiger partial charge in [-0.15, -0.1) is 0 Å². The summed E-state index contributed by atoms with van der Waals surface area (Å²) in [6, 6.07) is 5.50. The van der Waals surface area contributed by atoms with Crippen molar-refractivity contribution in [2.24, 2.45) is 5.73 Å². The van der Waals surface area contributed by atoms with Crippen LogP contribution in [0.1, 0.15) is 12.8 Å². The van der Waals surface area contributed by atoms with Gasteiger partial charge in [0.2, 0.25) is 5.91 Å². The molecule has 0 radical (unpaired) electrons. The predicted molar refractivity (Wildman–Crippen MR) is 53.8 cm³/mol. The lowest BCUT2D eigenvalue weighted by Crippen LogP contribution is -2.40. The van der Waals surface area contributed by atoms with E-state index < -0.39 is 0 Å². The Balaban J connectivity index is 2.22. The molecule has 1 saturated heterocycles. The van der Waals surface area contributed by atoms with Gasteiger partial charge in [-0.25, -0.2) is 4.98 Å². The van der Waals surface area contributed by atoms with Gasteiger partial charge in [0, 0.05) is 12.7 Å². The first kappa shape index (κ1) is 8.99. The molecule has 1 aliphatic rings. The Morgan fingerprint density at radius 3 is 3.07 bits per heavy atom. The Morgan fingerprint density at radius 2 is 2.43 bits per heavy atom. The van der Waals surface area contributed by atoms with Crippen molar-refractivity contribution in [1.29, 1.82) is 0 Å². The molecule has 2 rings (SSSR count). The normalized spacial score (nSPS) is 21.1. The second-order valence-electron chi connectivity index (χ2n) is 3.44. The number of aromatic nitrogens is 1. The van der Waals surface area contributed by atoms with E-state index in [4.69, 9.17) is 5.73 Å². The summed E-state index contributed by atoms with van der Waals surface area (Å²) in [7, 11) is 0. The summed E-state index contributed by atoms with van der Waals surface area (Å²) in [6.07, 6.45) is 3.57. The van der Waals surface area contributed by atoms with Crippen LogP contribution >= 0.6 is 0 Å². The van der Waals surface area contributed by atoms with Gasteiger partial charge in [-0.3, -0.25) is 4.79 Å². The van der Waals surface area contributed by atoms with Crippen LogP contribution in [-0.2, 0) is 4.79 Å². The number of pyridine rings is 1. The van der Waals surface area contributed by atoms with Crippen LogP contribution in [0.25, 0.3) is 0 Å². The molecular weight excluding hydrogens is 178 g/mol. The van der Waals surface area contributed by atoms with Gasteiger partial charge >= 0.3 is 0 Å². The predicted octanol–water partition coefficient (Wildman–Crippen LogP) is 0.536. The van der Waals surface area contributed by atoms with E-state index in [2.05, 4.69) is 4.98 Å². The summed E-state index contributed by atoms with van der Waals surface area (Å²) in [5, 5.41) is 0. The van der Waals surface area contributed by atoms with Crippen molar-refractivity contribution in [3.8, 4) is 0 Å². The fourth-order valence-electron chi connectivity index (χ4n) is 1.86. The Hall–Kier alpha value is -1.58. The summed E-state index contributed by atoms with van der Waals surface area (Å²) in [6.45, 7) is 0.866. The number of carbonyl (C=O) groups is 1. The van der Waals surface area contributed by atoms with Crippen LogP contribution in [0.3, 0.4) is 0 Å². The highest BCUT2D eigenvalue weighted by atomic mass is 16.1. The van der Waals surface area contributed by atoms with E-state index in [0.29, 0.717) is 0 Å². The van der Waals surface area contributed by atoms with E-state index in [1.807, 2.05) is 23.1 Å². The van der Waals surface area contributed by atoms with Crippen LogP contribution in [0.2, 0.25) is 0 Å². The lowest BCUT2D eigenvalue weighted by atomic mass is 10.2. The highest BCUT2D eigenvalue weighted by Gasteiger charge is 2.29. The molecule has 1 aromatic rings. The van der Waals surface area contributed by atoms with Crippen LogP contribution in [0.4, 0.5) is 5.82 Å². The van der Waals surface area contributed by atoms with Gasteiger partial charge in [0.1, 0.15) is 11.9 Å². The topological polar surface area (TPSA) is 59.2 Å². The lowest BCUT2D eigenvalue weighted by molar-refractivity contribution is -0.119. The Kier molecular flexibility index (Phi) is 2.35. The molecule has 4 heteroatoms. The van der Waals surface area contributed by atoms with Gasteiger partial charge in [0.15, 0.2) is 0 Å². The van der Waals surface area contributed by atoms with E-state index in [1.54, 1.807) is 6.20 Å². The van der Waals surface area contributed by atoms with Gasteiger partial charge in [0.05, 0.1) is 0 Å². The monoisotopic (exact) mass is 191 g/mol. The summed E-state index contributed by atoms with van der Waals surface area (Å²) >= 11 is 0. The third-order valence-electron chi connectivity index (χ3n) is 2.52. The molecule has 1 atom stereocenters. The van der Waals surface area contributed by atoms with Crippen molar-refractivity contribution in [3.63, 3.8) is 0 Å². The molecule has 2 N–H and O–H groups in total. The number of nitrogens with zero attached hydrogens (tertiary/aromatic N) is 2. The minimum Gasteiger partial charge on any atom is -0.368 e. The maximum atomic E-state index is 11.1. The first-order chi connectivity index (χ1) is 6.79. The smallest absolute Gasteiger partial charge is 0.240 e. The molecule has 0 aliphatic carbocycles. The molecule has 1 amide bonds. The van der Waals surface area contributed by atoms with Gasteiger partial charge in [-0.2, -0.15) is 0 Å². The fourth-order valence-corrected chi connectivity index (χ4v) is 1.86. The Labute approximate surface area is 82.7 Å². The van der Waals surface area contributed by atoms with Crippen LogP contribution < -0.4 is 10.6 Å². The summed E-state index contributed by atoms with van der Waals surface area (Å²) in [5.74, 6) is 0.585. The van der Waals surface area contributed by atoms with Gasteiger partial charge in [-0.05, 0) is 25.0 Å². The van der Waals surface area contributed by atoms with Gasteiger partial charge < -0.3 is 10.6 Å². The zero-order valence-electron chi connectivity index (χ0n) is 7.89. The maximum absolute atomic E-state index is 11.1. The second kappa shape index (κ2) is 3.65. The summed E-state index contributed by atoms with van der Waals surface area (Å²) < 4.78 is 0. The van der Waals surface area contributed by atoms with Crippen LogP contribution in [0, 0.1) is 0 Å². The third kappa shape index (κ3) is 1.55. The van der Waals surface area contributed by atoms with E-state index in [-0.39, 0.29) is 11.9 Å². The van der Waals surface area contributed by atoms with Crippen LogP contribution in [0.5, 0.6) is 0 Å². The molecule has 1 aliphatic heterocycles. The zero-order chi connectivity index (χ0) is 9.97. The van der Waals surface area contributed by atoms with Crippen molar-refractivity contribution in [3.05, 3.63) is 24.4 Å². The average molecular weight is 191 g/mol. The van der Waals surface area contributed by atoms with E-state index in [0.717, 1.165) is 25.2 Å². The number of primary amides is 1. The number of rotatable bonds is 2. The molecule has 4 nitrogen and oxygen atoms in total. The maximum Gasteiger partial charge on any atom is 0.240 e. The lowest BCUT2D eigenvalue weighted by Gasteiger charge is -2.22. The largest absolute Gasteiger partial charge is 0.368 e. The number of carbonyl (C=O) groups excluding carboxylic acids is 1. The molecule has 0 bridgehead atoms. The molecule has 0 aromatic carbocycles. The van der Waals surface area contributed by atoms with Crippen LogP contribution in [0.15, 0.2) is 24.4 Å². The highest BCUT2D eigenvalue weighted by molar-refractivity contribution is 5.83. The molecule has 1 aromatic heterocycles. The minimum atomic E-state index is -0.256. The molecule has 2 heterocycles. The van der Waals surface area contributed by atoms with Crippen molar-refractivity contribution < 1.29 is 4.79 Å². The van der Waals surface area contributed by atoms with E-state index in [9.17, 15) is 4.79 Å². The van der Waals surface area contributed by atoms with Crippen LogP contribution in [-0.4, -0.2) is 23.5 Å². The number of hydrogen-bond acceptors (Lipinski definition) is 3. The third-order valence-corrected chi connectivity index (χ3v) is 2.52. The first-order valence-corrected chi connectivity index (χ1v) is 4.76. The molecule has 1 fully saturated rings. The molecule has 0 unspecified atom stereocenters. The second-order valence-corrected chi connectivity index (χ2v) is 3.44. The SMILES string of the molecule is NC(=O)[C@H]1CCCN1c1ccccn1. The molecule has 74 valence electrons. The van der Waals surface area contributed by atoms with Crippen molar-refractivity contribution >= 4 is 11.7 Å².